The van der Waals surface area contributed by atoms with E-state index in [4.69, 9.17) is 4.42 Å². The Morgan fingerprint density at radius 1 is 1.05 bits per heavy atom. The van der Waals surface area contributed by atoms with Crippen molar-refractivity contribution < 1.29 is 22.5 Å². The summed E-state index contributed by atoms with van der Waals surface area (Å²) in [6.45, 7) is 9.71. The fourth-order valence-electron chi connectivity index (χ4n) is 5.24. The quantitative estimate of drug-likeness (QED) is 0.0870. The van der Waals surface area contributed by atoms with Crippen LogP contribution in [-0.4, -0.2) is 33.4 Å². The Bertz CT molecular complexity index is 1620. The van der Waals surface area contributed by atoms with Gasteiger partial charge in [-0.1, -0.05) is 62.4 Å². The Hall–Kier alpha value is -4.40. The highest BCUT2D eigenvalue weighted by atomic mass is 19.2. The molecule has 212 valence electrons. The summed E-state index contributed by atoms with van der Waals surface area (Å²) in [5.41, 5.74) is 2.64. The minimum absolute atomic E-state index is 0.0638. The maximum Gasteiger partial charge on any atom is 0.796 e. The number of nitrogens with zero attached hydrogens (tertiary/aromatic N) is 2. The number of benzene rings is 2. The predicted molar refractivity (Wildman–Crippen MR) is 162 cm³/mol. The van der Waals surface area contributed by atoms with Gasteiger partial charge >= 0.3 is 13.1 Å². The molecule has 0 N–H and O–H groups in total. The van der Waals surface area contributed by atoms with Crippen molar-refractivity contribution in [3.05, 3.63) is 112 Å². The fraction of sp³-hybridized carbons (Fsp3) is 0.250. The molecule has 6 nitrogen and oxygen atoms in total. The normalized spacial score (nSPS) is 15.5. The molecule has 2 heterocycles. The van der Waals surface area contributed by atoms with Gasteiger partial charge in [-0.2, -0.15) is 0 Å². The van der Waals surface area contributed by atoms with Crippen LogP contribution in [0.4, 0.5) is 20.0 Å². The number of halogens is 2. The van der Waals surface area contributed by atoms with E-state index < -0.39 is 30.2 Å². The van der Waals surface area contributed by atoms with E-state index in [1.807, 2.05) is 56.2 Å². The molecule has 9 heteroatoms. The van der Waals surface area contributed by atoms with Crippen molar-refractivity contribution >= 4 is 35.6 Å². The van der Waals surface area contributed by atoms with Crippen LogP contribution in [-0.2, 0) is 5.41 Å². The van der Waals surface area contributed by atoms with Crippen LogP contribution in [0.1, 0.15) is 43.6 Å². The molecule has 0 atom stereocenters. The largest absolute Gasteiger partial charge is 0.796 e. The lowest BCUT2D eigenvalue weighted by Gasteiger charge is -2.23. The van der Waals surface area contributed by atoms with E-state index in [9.17, 15) is 18.2 Å². The molecule has 0 radical (unpaired) electrons. The second-order valence-electron chi connectivity index (χ2n) is 10.1. The summed E-state index contributed by atoms with van der Waals surface area (Å²) in [5, 5.41) is 0.117. The Labute approximate surface area is 239 Å². The third kappa shape index (κ3) is 6.04. The average Bonchev–Trinajstić information content (AvgIpc) is 3.13. The Balaban J connectivity index is 1.54. The molecular weight excluding hydrogens is 525 g/mol. The summed E-state index contributed by atoms with van der Waals surface area (Å²) in [5.74, 6) is -1.29. The molecule has 0 unspecified atom stereocenters. The molecule has 0 aliphatic carbocycles. The maximum atomic E-state index is 13.3. The third-order valence-electron chi connectivity index (χ3n) is 7.31. The lowest BCUT2D eigenvalue weighted by atomic mass is 9.84. The lowest BCUT2D eigenvalue weighted by Crippen LogP contribution is -2.22. The number of carbonyl (C=O) groups is 1. The summed E-state index contributed by atoms with van der Waals surface area (Å²) >= 11 is 0. The zero-order valence-electron chi connectivity index (χ0n) is 23.9. The number of para-hydroxylation sites is 1. The number of likely N-dealkylation sites (N-methyl/N-ethyl adjacent to an activating group) is 1. The van der Waals surface area contributed by atoms with Crippen LogP contribution in [0.2, 0.25) is 0 Å². The first-order valence-electron chi connectivity index (χ1n) is 13.5. The molecular formula is C32H33BF2N2O4. The Kier molecular flexibility index (Phi) is 8.96. The first kappa shape index (κ1) is 29.6. The van der Waals surface area contributed by atoms with Crippen molar-refractivity contribution in [3.63, 3.8) is 0 Å². The van der Waals surface area contributed by atoms with Gasteiger partial charge in [0.15, 0.2) is 5.78 Å². The van der Waals surface area contributed by atoms with E-state index >= 15 is 0 Å². The van der Waals surface area contributed by atoms with E-state index in [1.165, 1.54) is 23.4 Å². The Morgan fingerprint density at radius 3 is 2.41 bits per heavy atom. The van der Waals surface area contributed by atoms with Crippen LogP contribution in [0.5, 0.6) is 5.75 Å². The minimum Gasteiger partial charge on any atom is -0.504 e. The number of ketones is 1. The highest BCUT2D eigenvalue weighted by Crippen LogP contribution is 2.46. The molecule has 0 amide bonds. The van der Waals surface area contributed by atoms with Gasteiger partial charge in [0.2, 0.25) is 0 Å². The number of allylic oxidation sites excluding steroid dienone is 8. The summed E-state index contributed by atoms with van der Waals surface area (Å²) in [6.07, 6.45) is 11.7. The predicted octanol–water partition coefficient (Wildman–Crippen LogP) is 7.10. The summed E-state index contributed by atoms with van der Waals surface area (Å²) in [4.78, 5) is 29.8. The lowest BCUT2D eigenvalue weighted by molar-refractivity contribution is 0.104. The topological polar surface area (TPSA) is 63.0 Å². The van der Waals surface area contributed by atoms with Gasteiger partial charge < -0.3 is 18.9 Å². The molecule has 0 saturated carbocycles. The van der Waals surface area contributed by atoms with Gasteiger partial charge in [0, 0.05) is 48.7 Å². The van der Waals surface area contributed by atoms with Crippen molar-refractivity contribution in [2.75, 3.05) is 29.9 Å². The second-order valence-corrected chi connectivity index (χ2v) is 10.1. The minimum atomic E-state index is -3.23. The average molecular weight is 558 g/mol. The molecule has 1 aliphatic heterocycles. The highest BCUT2D eigenvalue weighted by Gasteiger charge is 2.37. The summed E-state index contributed by atoms with van der Waals surface area (Å²) in [7, 11) is -1.19. The zero-order valence-corrected chi connectivity index (χ0v) is 23.9. The van der Waals surface area contributed by atoms with E-state index in [0.29, 0.717) is 13.1 Å². The van der Waals surface area contributed by atoms with Crippen LogP contribution in [0.15, 0.2) is 99.9 Å². The van der Waals surface area contributed by atoms with Gasteiger partial charge in [0.05, 0.1) is 5.39 Å². The molecule has 0 fully saturated rings. The number of hydrogen-bond acceptors (Lipinski definition) is 6. The number of carbonyl (C=O) groups excluding carboxylic acids is 1. The molecule has 3 aromatic rings. The molecule has 1 aromatic heterocycles. The van der Waals surface area contributed by atoms with Gasteiger partial charge in [-0.05, 0) is 49.8 Å². The summed E-state index contributed by atoms with van der Waals surface area (Å²) < 4.78 is 36.7. The standard InChI is InChI=1S/C32H33BF2N2O4/c1-6-37(7-2)22-19-20-23-27(21-22)40-31(39)29(30(23)41-33(34)35)26(38)17-11-9-8-10-12-18-28-32(3,4)24-15-13-14-16-25(24)36(28)5/h8-21H,6-7H2,1-5H3/b9-8+,12-10+,17-11+,28-18+. The van der Waals surface area contributed by atoms with Crippen LogP contribution in [0.3, 0.4) is 0 Å². The van der Waals surface area contributed by atoms with Crippen molar-refractivity contribution in [1.82, 2.24) is 0 Å². The van der Waals surface area contributed by atoms with E-state index in [0.717, 1.165) is 17.5 Å². The van der Waals surface area contributed by atoms with Gasteiger partial charge in [0.25, 0.3) is 0 Å². The van der Waals surface area contributed by atoms with Crippen molar-refractivity contribution in [1.29, 1.82) is 0 Å². The first-order valence-corrected chi connectivity index (χ1v) is 13.5. The van der Waals surface area contributed by atoms with Crippen molar-refractivity contribution in [2.45, 2.75) is 33.1 Å². The van der Waals surface area contributed by atoms with Crippen LogP contribution in [0, 0.1) is 0 Å². The fourth-order valence-corrected chi connectivity index (χ4v) is 5.24. The monoisotopic (exact) mass is 558 g/mol. The molecule has 0 bridgehead atoms. The molecule has 2 aromatic carbocycles. The van der Waals surface area contributed by atoms with Crippen LogP contribution >= 0.6 is 0 Å². The molecule has 0 spiro atoms. The van der Waals surface area contributed by atoms with E-state index in [2.05, 4.69) is 35.5 Å². The smallest absolute Gasteiger partial charge is 0.504 e. The third-order valence-corrected chi connectivity index (χ3v) is 7.31. The number of rotatable bonds is 10. The van der Waals surface area contributed by atoms with Crippen LogP contribution < -0.4 is 20.1 Å². The summed E-state index contributed by atoms with van der Waals surface area (Å²) in [6, 6.07) is 13.1. The Morgan fingerprint density at radius 2 is 1.73 bits per heavy atom. The number of fused-ring (bicyclic) bond motifs is 2. The van der Waals surface area contributed by atoms with Crippen LogP contribution in [0.25, 0.3) is 11.0 Å². The van der Waals surface area contributed by atoms with E-state index in [-0.39, 0.29) is 16.4 Å². The van der Waals surface area contributed by atoms with Crippen molar-refractivity contribution in [2.24, 2.45) is 0 Å². The molecule has 0 saturated heterocycles. The maximum absolute atomic E-state index is 13.3. The van der Waals surface area contributed by atoms with Gasteiger partial charge in [-0.3, -0.25) is 4.79 Å². The number of hydrogen-bond donors (Lipinski definition) is 0. The van der Waals surface area contributed by atoms with Gasteiger partial charge in [-0.25, -0.2) is 13.4 Å². The highest BCUT2D eigenvalue weighted by molar-refractivity contribution is 6.36. The molecule has 4 rings (SSSR count). The van der Waals surface area contributed by atoms with Crippen molar-refractivity contribution in [3.8, 4) is 5.75 Å². The van der Waals surface area contributed by atoms with Gasteiger partial charge in [0.1, 0.15) is 16.9 Å². The van der Waals surface area contributed by atoms with Gasteiger partial charge in [-0.15, -0.1) is 0 Å². The number of anilines is 2. The van der Waals surface area contributed by atoms with E-state index in [1.54, 1.807) is 24.3 Å². The SMILES string of the molecule is CCN(CC)c1ccc2c(OB(F)F)c(C(=O)/C=C/C=C/C=C/C=C3/N(C)c4ccccc4C3(C)C)c(=O)oc2c1. The molecule has 41 heavy (non-hydrogen) atoms. The first-order chi connectivity index (χ1) is 19.6. The second kappa shape index (κ2) is 12.4. The zero-order chi connectivity index (χ0) is 29.7. The molecule has 1 aliphatic rings.